The number of hydrogen-bond acceptors (Lipinski definition) is 7. The van der Waals surface area contributed by atoms with Gasteiger partial charge >= 0.3 is 6.18 Å². The minimum atomic E-state index is -4.71. The van der Waals surface area contributed by atoms with E-state index >= 15 is 0 Å². The molecule has 11 heteroatoms. The Hall–Kier alpha value is -3.07. The van der Waals surface area contributed by atoms with Gasteiger partial charge in [0, 0.05) is 5.56 Å². The molecule has 0 amide bonds. The average Bonchev–Trinajstić information content (AvgIpc) is 3.03. The largest absolute Gasteiger partial charge is 0.416 e. The van der Waals surface area contributed by atoms with Crippen LogP contribution in [0, 0.1) is 39.8 Å². The van der Waals surface area contributed by atoms with Crippen molar-refractivity contribution in [1.29, 1.82) is 15.8 Å². The van der Waals surface area contributed by atoms with E-state index in [2.05, 4.69) is 9.97 Å². The molecule has 0 saturated heterocycles. The molecule has 2 aromatic rings. The fraction of sp³-hybridized carbons (Fsp3) is 0.0625. The molecule has 132 valence electrons. The van der Waals surface area contributed by atoms with Gasteiger partial charge in [-0.2, -0.15) is 29.0 Å². The van der Waals surface area contributed by atoms with E-state index in [4.69, 9.17) is 10.5 Å². The van der Waals surface area contributed by atoms with Crippen LogP contribution >= 0.6 is 23.5 Å². The predicted octanol–water partition coefficient (Wildman–Crippen LogP) is 4.47. The summed E-state index contributed by atoms with van der Waals surface area (Å²) in [4.78, 5) is 7.96. The molecule has 0 aliphatic carbocycles. The standard InChI is InChI=1S/C16H3F4N5S2/c17-10-3-7(16(18,19)20)1-2-8(10)9(4-21)15-26-13-14(27-15)25-12(6-23)11(5-22)24-13/h1-3H. The summed E-state index contributed by atoms with van der Waals surface area (Å²) in [6.07, 6.45) is -4.71. The Morgan fingerprint density at radius 3 is 1.93 bits per heavy atom. The van der Waals surface area contributed by atoms with Crippen LogP contribution in [-0.4, -0.2) is 9.97 Å². The van der Waals surface area contributed by atoms with Gasteiger partial charge in [-0.05, 0) is 12.1 Å². The molecule has 5 nitrogen and oxygen atoms in total. The fourth-order valence-electron chi connectivity index (χ4n) is 2.10. The van der Waals surface area contributed by atoms with E-state index in [-0.39, 0.29) is 36.8 Å². The predicted molar refractivity (Wildman–Crippen MR) is 87.1 cm³/mol. The summed E-state index contributed by atoms with van der Waals surface area (Å²) in [7, 11) is 0. The third kappa shape index (κ3) is 3.45. The van der Waals surface area contributed by atoms with Gasteiger partial charge in [-0.3, -0.25) is 0 Å². The molecule has 1 aliphatic heterocycles. The summed E-state index contributed by atoms with van der Waals surface area (Å²) in [5.41, 5.74) is -2.03. The Morgan fingerprint density at radius 2 is 1.52 bits per heavy atom. The zero-order valence-electron chi connectivity index (χ0n) is 12.8. The van der Waals surface area contributed by atoms with Gasteiger partial charge in [0.15, 0.2) is 11.4 Å². The quantitative estimate of drug-likeness (QED) is 0.510. The van der Waals surface area contributed by atoms with Crippen molar-refractivity contribution in [3.8, 4) is 18.2 Å². The van der Waals surface area contributed by atoms with Gasteiger partial charge < -0.3 is 0 Å². The van der Waals surface area contributed by atoms with E-state index in [9.17, 15) is 22.8 Å². The van der Waals surface area contributed by atoms with Crippen molar-refractivity contribution in [3.05, 3.63) is 50.8 Å². The van der Waals surface area contributed by atoms with Crippen LogP contribution in [0.3, 0.4) is 0 Å². The lowest BCUT2D eigenvalue weighted by molar-refractivity contribution is -0.137. The monoisotopic (exact) mass is 405 g/mol. The number of aromatic nitrogens is 2. The lowest BCUT2D eigenvalue weighted by Crippen LogP contribution is -2.06. The second-order valence-corrected chi connectivity index (χ2v) is 7.18. The minimum Gasteiger partial charge on any atom is -0.224 e. The highest BCUT2D eigenvalue weighted by molar-refractivity contribution is 8.24. The molecule has 0 unspecified atom stereocenters. The molecule has 0 atom stereocenters. The number of allylic oxidation sites excluding steroid dienone is 1. The highest BCUT2D eigenvalue weighted by atomic mass is 32.2. The van der Waals surface area contributed by atoms with Crippen molar-refractivity contribution < 1.29 is 17.6 Å². The maximum absolute atomic E-state index is 14.2. The SMILES string of the molecule is N#CC(=C1Sc2nc(C#N)c(C#N)nc2S1)c1ccc(C(F)(F)F)cc1F. The number of benzene rings is 1. The summed E-state index contributed by atoms with van der Waals surface area (Å²) in [5, 5.41) is 27.9. The molecule has 0 N–H and O–H groups in total. The van der Waals surface area contributed by atoms with Crippen molar-refractivity contribution >= 4 is 29.1 Å². The van der Waals surface area contributed by atoms with Gasteiger partial charge in [-0.25, -0.2) is 14.4 Å². The van der Waals surface area contributed by atoms with E-state index in [0.717, 1.165) is 29.6 Å². The summed E-state index contributed by atoms with van der Waals surface area (Å²) >= 11 is 1.86. The number of nitriles is 3. The van der Waals surface area contributed by atoms with Gasteiger partial charge in [-0.15, -0.1) is 0 Å². The van der Waals surface area contributed by atoms with E-state index in [1.54, 1.807) is 18.2 Å². The topological polar surface area (TPSA) is 97.1 Å². The van der Waals surface area contributed by atoms with Crippen molar-refractivity contribution in [1.82, 2.24) is 9.97 Å². The molecule has 0 radical (unpaired) electrons. The van der Waals surface area contributed by atoms with Crippen LogP contribution in [0.4, 0.5) is 17.6 Å². The second-order valence-electron chi connectivity index (χ2n) is 4.93. The van der Waals surface area contributed by atoms with E-state index in [1.165, 1.54) is 0 Å². The van der Waals surface area contributed by atoms with Gasteiger partial charge in [0.05, 0.1) is 15.4 Å². The van der Waals surface area contributed by atoms with Crippen molar-refractivity contribution in [2.45, 2.75) is 16.2 Å². The zero-order chi connectivity index (χ0) is 19.8. The lowest BCUT2D eigenvalue weighted by atomic mass is 10.1. The Labute approximate surface area is 158 Å². The first kappa shape index (κ1) is 18.7. The molecule has 1 aromatic carbocycles. The second kappa shape index (κ2) is 6.92. The maximum Gasteiger partial charge on any atom is 0.416 e. The average molecular weight is 405 g/mol. The van der Waals surface area contributed by atoms with Gasteiger partial charge in [-0.1, -0.05) is 29.6 Å². The number of rotatable bonds is 1. The molecule has 1 aromatic heterocycles. The molecule has 27 heavy (non-hydrogen) atoms. The molecule has 3 rings (SSSR count). The highest BCUT2D eigenvalue weighted by Crippen LogP contribution is 2.52. The molecule has 0 saturated carbocycles. The third-order valence-electron chi connectivity index (χ3n) is 3.31. The first-order valence-electron chi connectivity index (χ1n) is 6.88. The van der Waals surface area contributed by atoms with Gasteiger partial charge in [0.25, 0.3) is 0 Å². The lowest BCUT2D eigenvalue weighted by Gasteiger charge is -2.09. The molecule has 2 heterocycles. The first-order valence-corrected chi connectivity index (χ1v) is 8.51. The number of fused-ring (bicyclic) bond motifs is 1. The summed E-state index contributed by atoms with van der Waals surface area (Å²) in [6.45, 7) is 0. The van der Waals surface area contributed by atoms with Crippen LogP contribution < -0.4 is 0 Å². The normalized spacial score (nSPS) is 12.7. The molecular formula is C16H3F4N5S2. The fourth-order valence-corrected chi connectivity index (χ4v) is 4.40. The van der Waals surface area contributed by atoms with Crippen LogP contribution in [0.15, 0.2) is 32.5 Å². The summed E-state index contributed by atoms with van der Waals surface area (Å²) in [6, 6.07) is 7.13. The summed E-state index contributed by atoms with van der Waals surface area (Å²) < 4.78 is 52.5. The molecule has 0 bridgehead atoms. The van der Waals surface area contributed by atoms with Crippen LogP contribution in [0.1, 0.15) is 22.5 Å². The van der Waals surface area contributed by atoms with E-state index in [1.807, 2.05) is 0 Å². The van der Waals surface area contributed by atoms with Crippen LogP contribution in [-0.2, 0) is 6.18 Å². The zero-order valence-corrected chi connectivity index (χ0v) is 14.4. The number of alkyl halides is 3. The maximum atomic E-state index is 14.2. The van der Waals surface area contributed by atoms with Crippen LogP contribution in [0.25, 0.3) is 5.57 Å². The van der Waals surface area contributed by atoms with Crippen molar-refractivity contribution in [3.63, 3.8) is 0 Å². The Balaban J connectivity index is 2.07. The Morgan fingerprint density at radius 1 is 0.963 bits per heavy atom. The number of thioether (sulfide) groups is 2. The molecule has 1 aliphatic rings. The van der Waals surface area contributed by atoms with Gasteiger partial charge in [0.2, 0.25) is 0 Å². The van der Waals surface area contributed by atoms with Crippen LogP contribution in [0.5, 0.6) is 0 Å². The van der Waals surface area contributed by atoms with Crippen LogP contribution in [0.2, 0.25) is 0 Å². The van der Waals surface area contributed by atoms with E-state index < -0.39 is 17.6 Å². The Bertz CT molecular complexity index is 1070. The van der Waals surface area contributed by atoms with Crippen molar-refractivity contribution in [2.24, 2.45) is 0 Å². The number of halogens is 4. The summed E-state index contributed by atoms with van der Waals surface area (Å²) in [5.74, 6) is -1.19. The van der Waals surface area contributed by atoms with Crippen molar-refractivity contribution in [2.75, 3.05) is 0 Å². The molecular weight excluding hydrogens is 402 g/mol. The first-order chi connectivity index (χ1) is 12.8. The van der Waals surface area contributed by atoms with Gasteiger partial charge in [0.1, 0.15) is 34.1 Å². The highest BCUT2D eigenvalue weighted by Gasteiger charge is 2.32. The number of nitrogens with zero attached hydrogens (tertiary/aromatic N) is 5. The minimum absolute atomic E-state index is 0.187. The third-order valence-corrected chi connectivity index (χ3v) is 5.67. The number of hydrogen-bond donors (Lipinski definition) is 0. The smallest absolute Gasteiger partial charge is 0.224 e. The molecule has 0 fully saturated rings. The molecule has 0 spiro atoms. The Kier molecular flexibility index (Phi) is 4.79. The van der Waals surface area contributed by atoms with E-state index in [0.29, 0.717) is 12.1 Å².